The Labute approximate surface area is 152 Å². The number of hydrogen-bond donors (Lipinski definition) is 0. The highest BCUT2D eigenvalue weighted by molar-refractivity contribution is 5.79. The van der Waals surface area contributed by atoms with Crippen molar-refractivity contribution in [3.8, 4) is 5.75 Å². The molecular formula is C21H32N2O2. The maximum absolute atomic E-state index is 12.9. The van der Waals surface area contributed by atoms with Gasteiger partial charge in [-0.2, -0.15) is 0 Å². The van der Waals surface area contributed by atoms with E-state index in [0.29, 0.717) is 12.5 Å². The molecule has 0 bridgehead atoms. The second-order valence-corrected chi connectivity index (χ2v) is 7.45. The van der Waals surface area contributed by atoms with Crippen molar-refractivity contribution in [2.75, 3.05) is 33.3 Å². The normalized spacial score (nSPS) is 22.0. The monoisotopic (exact) mass is 344 g/mol. The van der Waals surface area contributed by atoms with Crippen LogP contribution in [0.25, 0.3) is 0 Å². The summed E-state index contributed by atoms with van der Waals surface area (Å²) in [7, 11) is 1.67. The van der Waals surface area contributed by atoms with Gasteiger partial charge in [0.1, 0.15) is 5.75 Å². The number of methoxy groups -OCH3 is 1. The van der Waals surface area contributed by atoms with Gasteiger partial charge in [0, 0.05) is 19.1 Å². The van der Waals surface area contributed by atoms with Crippen molar-refractivity contribution in [1.82, 2.24) is 9.80 Å². The maximum Gasteiger partial charge on any atom is 0.227 e. The van der Waals surface area contributed by atoms with Crippen LogP contribution >= 0.6 is 0 Å². The van der Waals surface area contributed by atoms with Gasteiger partial charge in [-0.25, -0.2) is 0 Å². The Morgan fingerprint density at radius 2 is 1.76 bits per heavy atom. The van der Waals surface area contributed by atoms with Crippen molar-refractivity contribution in [2.24, 2.45) is 0 Å². The first kappa shape index (κ1) is 18.2. The highest BCUT2D eigenvalue weighted by Gasteiger charge is 2.27. The molecule has 138 valence electrons. The third-order valence-electron chi connectivity index (χ3n) is 5.69. The molecule has 0 saturated carbocycles. The van der Waals surface area contributed by atoms with Gasteiger partial charge < -0.3 is 14.5 Å². The van der Waals surface area contributed by atoms with E-state index in [1.165, 1.54) is 45.2 Å². The summed E-state index contributed by atoms with van der Waals surface area (Å²) in [6, 6.07) is 8.31. The minimum absolute atomic E-state index is 0.286. The Hall–Kier alpha value is -1.55. The molecule has 4 nitrogen and oxygen atoms in total. The number of nitrogens with zero attached hydrogens (tertiary/aromatic N) is 2. The van der Waals surface area contributed by atoms with Gasteiger partial charge in [-0.3, -0.25) is 4.79 Å². The molecule has 1 aromatic rings. The summed E-state index contributed by atoms with van der Waals surface area (Å²) in [5.41, 5.74) is 1.08. The summed E-state index contributed by atoms with van der Waals surface area (Å²) >= 11 is 0. The molecule has 0 aliphatic carbocycles. The number of piperidine rings is 2. The van der Waals surface area contributed by atoms with Crippen LogP contribution in [0.5, 0.6) is 5.75 Å². The lowest BCUT2D eigenvalue weighted by Gasteiger charge is -2.37. The molecule has 1 aromatic carbocycles. The molecule has 0 N–H and O–H groups in total. The van der Waals surface area contributed by atoms with Gasteiger partial charge in [0.2, 0.25) is 5.91 Å². The Morgan fingerprint density at radius 1 is 1.04 bits per heavy atom. The molecule has 0 spiro atoms. The molecule has 4 heteroatoms. The van der Waals surface area contributed by atoms with Crippen LogP contribution in [0.3, 0.4) is 0 Å². The number of amides is 1. The van der Waals surface area contributed by atoms with Crippen LogP contribution in [-0.4, -0.2) is 55.0 Å². The largest absolute Gasteiger partial charge is 0.497 e. The number of ether oxygens (including phenoxy) is 1. The van der Waals surface area contributed by atoms with Crippen molar-refractivity contribution in [1.29, 1.82) is 0 Å². The fourth-order valence-electron chi connectivity index (χ4n) is 4.16. The second kappa shape index (κ2) is 9.23. The maximum atomic E-state index is 12.9. The lowest BCUT2D eigenvalue weighted by molar-refractivity contribution is -0.134. The smallest absolute Gasteiger partial charge is 0.227 e. The molecule has 0 aromatic heterocycles. The minimum atomic E-state index is 0.286. The zero-order chi connectivity index (χ0) is 17.5. The lowest BCUT2D eigenvalue weighted by Crippen LogP contribution is -2.46. The van der Waals surface area contributed by atoms with Crippen LogP contribution in [-0.2, 0) is 11.2 Å². The van der Waals surface area contributed by atoms with Crippen LogP contribution in [0, 0.1) is 0 Å². The van der Waals surface area contributed by atoms with Gasteiger partial charge in [0.05, 0.1) is 13.5 Å². The predicted molar refractivity (Wildman–Crippen MR) is 101 cm³/mol. The van der Waals surface area contributed by atoms with Crippen molar-refractivity contribution < 1.29 is 9.53 Å². The molecule has 2 fully saturated rings. The van der Waals surface area contributed by atoms with Crippen molar-refractivity contribution in [3.05, 3.63) is 29.8 Å². The molecule has 1 atom stereocenters. The zero-order valence-corrected chi connectivity index (χ0v) is 15.6. The number of likely N-dealkylation sites (tertiary alicyclic amines) is 2. The van der Waals surface area contributed by atoms with Crippen LogP contribution in [0.2, 0.25) is 0 Å². The lowest BCUT2D eigenvalue weighted by atomic mass is 9.97. The Kier molecular flexibility index (Phi) is 6.74. The topological polar surface area (TPSA) is 32.8 Å². The van der Waals surface area contributed by atoms with E-state index in [9.17, 15) is 4.79 Å². The summed E-state index contributed by atoms with van der Waals surface area (Å²) in [5, 5.41) is 0. The van der Waals surface area contributed by atoms with E-state index in [4.69, 9.17) is 4.74 Å². The molecule has 2 aliphatic heterocycles. The van der Waals surface area contributed by atoms with E-state index in [1.807, 2.05) is 24.3 Å². The van der Waals surface area contributed by atoms with Crippen LogP contribution in [0.15, 0.2) is 24.3 Å². The summed E-state index contributed by atoms with van der Waals surface area (Å²) in [4.78, 5) is 17.6. The number of benzene rings is 1. The van der Waals surface area contributed by atoms with Gasteiger partial charge >= 0.3 is 0 Å². The number of carbonyl (C=O) groups excluding carboxylic acids is 1. The molecule has 0 unspecified atom stereocenters. The Bertz CT molecular complexity index is 537. The van der Waals surface area contributed by atoms with Crippen LogP contribution in [0.1, 0.15) is 50.5 Å². The van der Waals surface area contributed by atoms with Crippen molar-refractivity contribution in [2.45, 2.75) is 57.4 Å². The third-order valence-corrected chi connectivity index (χ3v) is 5.69. The molecule has 2 saturated heterocycles. The highest BCUT2D eigenvalue weighted by atomic mass is 16.5. The Balaban J connectivity index is 1.54. The molecular weight excluding hydrogens is 312 g/mol. The summed E-state index contributed by atoms with van der Waals surface area (Å²) in [6.07, 6.45) is 9.27. The molecule has 2 heterocycles. The number of carbonyl (C=O) groups is 1. The zero-order valence-electron chi connectivity index (χ0n) is 15.6. The number of rotatable bonds is 6. The van der Waals surface area contributed by atoms with Crippen molar-refractivity contribution in [3.63, 3.8) is 0 Å². The van der Waals surface area contributed by atoms with Gasteiger partial charge in [-0.05, 0) is 69.3 Å². The third kappa shape index (κ3) is 5.21. The molecule has 2 aliphatic rings. The van der Waals surface area contributed by atoms with E-state index in [0.717, 1.165) is 37.2 Å². The summed E-state index contributed by atoms with van der Waals surface area (Å²) in [6.45, 7) is 4.57. The van der Waals surface area contributed by atoms with E-state index < -0.39 is 0 Å². The van der Waals surface area contributed by atoms with E-state index in [2.05, 4.69) is 9.80 Å². The van der Waals surface area contributed by atoms with Gasteiger partial charge in [-0.1, -0.05) is 18.6 Å². The second-order valence-electron chi connectivity index (χ2n) is 7.45. The van der Waals surface area contributed by atoms with Crippen LogP contribution < -0.4 is 4.74 Å². The van der Waals surface area contributed by atoms with Crippen molar-refractivity contribution >= 4 is 5.91 Å². The van der Waals surface area contributed by atoms with Gasteiger partial charge in [-0.15, -0.1) is 0 Å². The molecule has 3 rings (SSSR count). The first-order valence-electron chi connectivity index (χ1n) is 9.91. The van der Waals surface area contributed by atoms with E-state index in [1.54, 1.807) is 7.11 Å². The minimum Gasteiger partial charge on any atom is -0.497 e. The number of hydrogen-bond acceptors (Lipinski definition) is 3. The van der Waals surface area contributed by atoms with Crippen LogP contribution in [0.4, 0.5) is 0 Å². The predicted octanol–water partition coefficient (Wildman–Crippen LogP) is 3.49. The van der Waals surface area contributed by atoms with Gasteiger partial charge in [0.25, 0.3) is 0 Å². The molecule has 1 amide bonds. The first-order valence-corrected chi connectivity index (χ1v) is 9.91. The first-order chi connectivity index (χ1) is 12.3. The van der Waals surface area contributed by atoms with E-state index in [-0.39, 0.29) is 5.91 Å². The fourth-order valence-corrected chi connectivity index (χ4v) is 4.16. The average Bonchev–Trinajstić information content (AvgIpc) is 2.68. The average molecular weight is 344 g/mol. The SMILES string of the molecule is COc1ccc(CC(=O)N2CCCC[C@@H]2CCN2CCCCC2)cc1. The molecule has 0 radical (unpaired) electrons. The molecule has 25 heavy (non-hydrogen) atoms. The Morgan fingerprint density at radius 3 is 2.48 bits per heavy atom. The van der Waals surface area contributed by atoms with E-state index >= 15 is 0 Å². The summed E-state index contributed by atoms with van der Waals surface area (Å²) < 4.78 is 5.20. The summed E-state index contributed by atoms with van der Waals surface area (Å²) in [5.74, 6) is 1.13. The highest BCUT2D eigenvalue weighted by Crippen LogP contribution is 2.22. The quantitative estimate of drug-likeness (QED) is 0.792. The fraction of sp³-hybridized carbons (Fsp3) is 0.667. The standard InChI is InChI=1S/C21H32N2O2/c1-25-20-10-8-18(9-11-20)17-21(24)23-15-6-3-7-19(23)12-16-22-13-4-2-5-14-22/h8-11,19H,2-7,12-17H2,1H3/t19-/m1/s1. The van der Waals surface area contributed by atoms with Gasteiger partial charge in [0.15, 0.2) is 0 Å².